The Morgan fingerprint density at radius 2 is 1.97 bits per heavy atom. The van der Waals surface area contributed by atoms with E-state index >= 15 is 0 Å². The van der Waals surface area contributed by atoms with Gasteiger partial charge in [-0.3, -0.25) is 14.4 Å². The molecule has 0 atom stereocenters. The summed E-state index contributed by atoms with van der Waals surface area (Å²) in [5.41, 5.74) is 3.31. The molecule has 1 aliphatic rings. The molecule has 31 heavy (non-hydrogen) atoms. The smallest absolute Gasteiger partial charge is 0.258 e. The molecule has 8 heteroatoms. The molecule has 6 nitrogen and oxygen atoms in total. The molecule has 0 spiro atoms. The van der Waals surface area contributed by atoms with Gasteiger partial charge in [-0.1, -0.05) is 0 Å². The van der Waals surface area contributed by atoms with E-state index in [2.05, 4.69) is 10.00 Å². The van der Waals surface area contributed by atoms with Crippen molar-refractivity contribution in [1.82, 2.24) is 24.1 Å². The Labute approximate surface area is 180 Å². The van der Waals surface area contributed by atoms with Crippen LogP contribution >= 0.6 is 0 Å². The Kier molecular flexibility index (Phi) is 6.02. The van der Waals surface area contributed by atoms with Gasteiger partial charge in [0.05, 0.1) is 11.8 Å². The van der Waals surface area contributed by atoms with Crippen LogP contribution in [0.2, 0.25) is 0 Å². The Balaban J connectivity index is 1.74. The maximum atomic E-state index is 14.5. The number of likely N-dealkylation sites (N-methyl/N-ethyl adjacent to an activating group) is 1. The molecule has 0 unspecified atom stereocenters. The van der Waals surface area contributed by atoms with Crippen molar-refractivity contribution in [2.45, 2.75) is 26.1 Å². The lowest BCUT2D eigenvalue weighted by Crippen LogP contribution is -2.37. The van der Waals surface area contributed by atoms with Crippen LogP contribution in [0, 0.1) is 11.6 Å². The van der Waals surface area contributed by atoms with Gasteiger partial charge in [0, 0.05) is 75.3 Å². The summed E-state index contributed by atoms with van der Waals surface area (Å²) < 4.78 is 31.5. The molecule has 3 heterocycles. The second-order valence-corrected chi connectivity index (χ2v) is 8.40. The van der Waals surface area contributed by atoms with Crippen molar-refractivity contribution in [3.63, 3.8) is 0 Å². The maximum absolute atomic E-state index is 14.5. The minimum absolute atomic E-state index is 0.136. The van der Waals surface area contributed by atoms with Crippen LogP contribution in [0.4, 0.5) is 8.78 Å². The van der Waals surface area contributed by atoms with Crippen LogP contribution in [-0.4, -0.2) is 51.3 Å². The zero-order chi connectivity index (χ0) is 22.1. The van der Waals surface area contributed by atoms with Crippen molar-refractivity contribution in [3.05, 3.63) is 75.5 Å². The van der Waals surface area contributed by atoms with E-state index in [1.54, 1.807) is 15.3 Å². The number of halogens is 2. The monoisotopic (exact) mass is 427 g/mol. The summed E-state index contributed by atoms with van der Waals surface area (Å²) in [4.78, 5) is 17.6. The lowest BCUT2D eigenvalue weighted by atomic mass is 9.98. The summed E-state index contributed by atoms with van der Waals surface area (Å²) in [6.07, 6.45) is 4.59. The van der Waals surface area contributed by atoms with E-state index in [1.807, 2.05) is 38.4 Å². The van der Waals surface area contributed by atoms with Gasteiger partial charge in [0.25, 0.3) is 5.56 Å². The van der Waals surface area contributed by atoms with E-state index in [4.69, 9.17) is 0 Å². The molecule has 0 aliphatic carbocycles. The third kappa shape index (κ3) is 4.60. The molecule has 0 N–H and O–H groups in total. The second kappa shape index (κ2) is 8.72. The molecule has 0 saturated heterocycles. The van der Waals surface area contributed by atoms with Gasteiger partial charge in [-0.15, -0.1) is 0 Å². The maximum Gasteiger partial charge on any atom is 0.258 e. The number of pyridine rings is 1. The van der Waals surface area contributed by atoms with Crippen molar-refractivity contribution < 1.29 is 8.78 Å². The van der Waals surface area contributed by atoms with Crippen molar-refractivity contribution in [3.8, 4) is 11.1 Å². The number of nitrogens with zero attached hydrogens (tertiary/aromatic N) is 5. The average molecular weight is 427 g/mol. The minimum Gasteiger partial charge on any atom is -0.310 e. The van der Waals surface area contributed by atoms with E-state index < -0.39 is 11.6 Å². The Morgan fingerprint density at radius 3 is 2.65 bits per heavy atom. The van der Waals surface area contributed by atoms with Crippen LogP contribution in [-0.2, 0) is 33.1 Å². The van der Waals surface area contributed by atoms with Crippen LogP contribution in [0.15, 0.2) is 41.5 Å². The Hall–Kier alpha value is -2.84. The topological polar surface area (TPSA) is 46.3 Å². The number of fused-ring (bicyclic) bond motifs is 1. The number of benzene rings is 1. The third-order valence-corrected chi connectivity index (χ3v) is 5.71. The van der Waals surface area contributed by atoms with E-state index in [9.17, 15) is 13.6 Å². The molecule has 0 bridgehead atoms. The van der Waals surface area contributed by atoms with Gasteiger partial charge < -0.3 is 9.47 Å². The van der Waals surface area contributed by atoms with E-state index in [-0.39, 0.29) is 16.7 Å². The number of rotatable bonds is 6. The SMILES string of the molecule is CN(C)CCn1c2c(cc(-c3ccc(F)cc3F)c1=O)CN(Cc1cnn(C)c1)CC2. The molecule has 164 valence electrons. The highest BCUT2D eigenvalue weighted by atomic mass is 19.1. The molecular formula is C23H27F2N5O. The highest BCUT2D eigenvalue weighted by molar-refractivity contribution is 5.64. The first kappa shape index (κ1) is 21.4. The molecule has 4 rings (SSSR count). The first-order valence-electron chi connectivity index (χ1n) is 10.4. The van der Waals surface area contributed by atoms with Gasteiger partial charge in [0.15, 0.2) is 0 Å². The Bertz CT molecular complexity index is 1150. The van der Waals surface area contributed by atoms with E-state index in [0.29, 0.717) is 19.6 Å². The van der Waals surface area contributed by atoms with Crippen LogP contribution < -0.4 is 5.56 Å². The number of hydrogen-bond donors (Lipinski definition) is 0. The zero-order valence-corrected chi connectivity index (χ0v) is 18.1. The summed E-state index contributed by atoms with van der Waals surface area (Å²) in [6.45, 7) is 3.45. The fourth-order valence-electron chi connectivity index (χ4n) is 4.16. The lowest BCUT2D eigenvalue weighted by Gasteiger charge is -2.31. The fourth-order valence-corrected chi connectivity index (χ4v) is 4.16. The van der Waals surface area contributed by atoms with Gasteiger partial charge in [-0.2, -0.15) is 5.10 Å². The fraction of sp³-hybridized carbons (Fsp3) is 0.391. The molecule has 1 aromatic carbocycles. The van der Waals surface area contributed by atoms with Crippen molar-refractivity contribution in [2.75, 3.05) is 27.2 Å². The normalized spacial score (nSPS) is 14.3. The van der Waals surface area contributed by atoms with Gasteiger partial charge in [0.2, 0.25) is 0 Å². The number of aryl methyl sites for hydroxylation is 1. The van der Waals surface area contributed by atoms with Crippen LogP contribution in [0.5, 0.6) is 0 Å². The predicted molar refractivity (Wildman–Crippen MR) is 116 cm³/mol. The quantitative estimate of drug-likeness (QED) is 0.607. The molecule has 3 aromatic rings. The third-order valence-electron chi connectivity index (χ3n) is 5.71. The van der Waals surface area contributed by atoms with Gasteiger partial charge in [-0.05, 0) is 37.9 Å². The summed E-state index contributed by atoms with van der Waals surface area (Å²) in [5.74, 6) is -1.38. The van der Waals surface area contributed by atoms with Gasteiger partial charge >= 0.3 is 0 Å². The molecular weight excluding hydrogens is 400 g/mol. The van der Waals surface area contributed by atoms with Crippen LogP contribution in [0.1, 0.15) is 16.8 Å². The van der Waals surface area contributed by atoms with Crippen molar-refractivity contribution in [2.24, 2.45) is 7.05 Å². The first-order chi connectivity index (χ1) is 14.8. The highest BCUT2D eigenvalue weighted by Crippen LogP contribution is 2.26. The number of aromatic nitrogens is 3. The molecule has 0 radical (unpaired) electrons. The molecule has 2 aromatic heterocycles. The summed E-state index contributed by atoms with van der Waals surface area (Å²) in [5, 5.41) is 4.23. The Morgan fingerprint density at radius 1 is 1.16 bits per heavy atom. The average Bonchev–Trinajstić information content (AvgIpc) is 3.12. The van der Waals surface area contributed by atoms with Crippen molar-refractivity contribution >= 4 is 0 Å². The summed E-state index contributed by atoms with van der Waals surface area (Å²) in [7, 11) is 5.80. The first-order valence-corrected chi connectivity index (χ1v) is 10.4. The second-order valence-electron chi connectivity index (χ2n) is 8.40. The minimum atomic E-state index is -0.723. The standard InChI is InChI=1S/C23H27F2N5O/c1-27(2)8-9-30-22-6-7-29(14-16-12-26-28(3)13-16)15-17(22)10-20(23(30)31)19-5-4-18(24)11-21(19)25/h4-5,10-13H,6-9,14-15H2,1-3H3. The van der Waals surface area contributed by atoms with Gasteiger partial charge in [-0.25, -0.2) is 8.78 Å². The molecule has 0 saturated carbocycles. The molecule has 0 fully saturated rings. The summed E-state index contributed by atoms with van der Waals surface area (Å²) >= 11 is 0. The van der Waals surface area contributed by atoms with E-state index in [0.717, 1.165) is 42.4 Å². The summed E-state index contributed by atoms with van der Waals surface area (Å²) in [6, 6.07) is 5.15. The molecule has 1 aliphatic heterocycles. The van der Waals surface area contributed by atoms with Crippen LogP contribution in [0.3, 0.4) is 0 Å². The lowest BCUT2D eigenvalue weighted by molar-refractivity contribution is 0.239. The number of hydrogen-bond acceptors (Lipinski definition) is 4. The molecule has 0 amide bonds. The highest BCUT2D eigenvalue weighted by Gasteiger charge is 2.24. The largest absolute Gasteiger partial charge is 0.310 e. The predicted octanol–water partition coefficient (Wildman–Crippen LogP) is 2.65. The van der Waals surface area contributed by atoms with E-state index in [1.165, 1.54) is 12.1 Å². The van der Waals surface area contributed by atoms with Crippen LogP contribution in [0.25, 0.3) is 11.1 Å². The zero-order valence-electron chi connectivity index (χ0n) is 18.1. The van der Waals surface area contributed by atoms with Gasteiger partial charge in [0.1, 0.15) is 11.6 Å². The van der Waals surface area contributed by atoms with Crippen molar-refractivity contribution in [1.29, 1.82) is 0 Å².